The molecule has 1 aromatic carbocycles. The van der Waals surface area contributed by atoms with Gasteiger partial charge in [-0.15, -0.1) is 0 Å². The van der Waals surface area contributed by atoms with Crippen LogP contribution < -0.4 is 4.90 Å². The lowest BCUT2D eigenvalue weighted by molar-refractivity contribution is -0.118. The Bertz CT molecular complexity index is 897. The Hall–Kier alpha value is -1.26. The number of sulfonamides is 1. The van der Waals surface area contributed by atoms with Crippen LogP contribution in [0.5, 0.6) is 0 Å². The molecule has 0 aliphatic carbocycles. The number of likely N-dealkylation sites (N-methyl/N-ethyl adjacent to an activating group) is 2. The van der Waals surface area contributed by atoms with E-state index in [1.165, 1.54) is 18.4 Å². The van der Waals surface area contributed by atoms with Crippen molar-refractivity contribution < 1.29 is 13.2 Å². The fourth-order valence-electron chi connectivity index (χ4n) is 2.50. The molecule has 150 valence electrons. The zero-order valence-electron chi connectivity index (χ0n) is 16.0. The van der Waals surface area contributed by atoms with E-state index in [0.29, 0.717) is 23.2 Å². The van der Waals surface area contributed by atoms with Crippen molar-refractivity contribution in [3.05, 3.63) is 23.2 Å². The standard InChI is InChI=1S/C17H25ClN4O3S2/c1-5-21(6-2)9-10-22(16(23)12-20(3)27(4,24)25)17-19-14-8-7-13(18)11-15(14)26-17/h7-8,11H,5-6,9-10,12H2,1-4H3. The third-order valence-electron chi connectivity index (χ3n) is 4.33. The molecular formula is C17H25ClN4O3S2. The van der Waals surface area contributed by atoms with Gasteiger partial charge < -0.3 is 4.90 Å². The molecule has 1 amide bonds. The van der Waals surface area contributed by atoms with Crippen LogP contribution in [-0.2, 0) is 14.8 Å². The van der Waals surface area contributed by atoms with E-state index in [-0.39, 0.29) is 12.5 Å². The smallest absolute Gasteiger partial charge is 0.244 e. The van der Waals surface area contributed by atoms with E-state index in [0.717, 1.165) is 33.9 Å². The van der Waals surface area contributed by atoms with Gasteiger partial charge in [0.2, 0.25) is 15.9 Å². The molecule has 0 aliphatic heterocycles. The molecule has 0 bridgehead atoms. The number of hydrogen-bond donors (Lipinski definition) is 0. The van der Waals surface area contributed by atoms with Gasteiger partial charge in [0.05, 0.1) is 23.0 Å². The Kier molecular flexibility index (Phi) is 7.58. The molecule has 0 saturated carbocycles. The van der Waals surface area contributed by atoms with Gasteiger partial charge in [0.25, 0.3) is 0 Å². The Morgan fingerprint density at radius 3 is 2.48 bits per heavy atom. The molecule has 0 atom stereocenters. The van der Waals surface area contributed by atoms with Crippen LogP contribution in [0, 0.1) is 0 Å². The quantitative estimate of drug-likeness (QED) is 0.608. The van der Waals surface area contributed by atoms with Gasteiger partial charge in [-0.05, 0) is 31.3 Å². The second-order valence-electron chi connectivity index (χ2n) is 6.20. The first kappa shape index (κ1) is 22.0. The van der Waals surface area contributed by atoms with Crippen LogP contribution in [0.4, 0.5) is 5.13 Å². The highest BCUT2D eigenvalue weighted by molar-refractivity contribution is 7.88. The van der Waals surface area contributed by atoms with Crippen LogP contribution in [0.3, 0.4) is 0 Å². The summed E-state index contributed by atoms with van der Waals surface area (Å²) in [6, 6.07) is 5.38. The lowest BCUT2D eigenvalue weighted by atomic mass is 10.3. The number of carbonyl (C=O) groups excluding carboxylic acids is 1. The van der Waals surface area contributed by atoms with E-state index in [1.807, 2.05) is 12.1 Å². The molecule has 1 heterocycles. The molecule has 27 heavy (non-hydrogen) atoms. The largest absolute Gasteiger partial charge is 0.302 e. The summed E-state index contributed by atoms with van der Waals surface area (Å²) < 4.78 is 25.3. The number of nitrogens with zero attached hydrogens (tertiary/aromatic N) is 4. The first-order valence-electron chi connectivity index (χ1n) is 8.65. The van der Waals surface area contributed by atoms with Crippen molar-refractivity contribution in [3.8, 4) is 0 Å². The summed E-state index contributed by atoms with van der Waals surface area (Å²) in [5.41, 5.74) is 0.761. The van der Waals surface area contributed by atoms with Gasteiger partial charge in [0, 0.05) is 25.2 Å². The summed E-state index contributed by atoms with van der Waals surface area (Å²) in [5.74, 6) is -0.305. The minimum absolute atomic E-state index is 0.228. The predicted octanol–water partition coefficient (Wildman–Crippen LogP) is 2.52. The number of thiazole rings is 1. The Labute approximate surface area is 169 Å². The first-order chi connectivity index (χ1) is 12.7. The summed E-state index contributed by atoms with van der Waals surface area (Å²) in [4.78, 5) is 21.2. The number of benzene rings is 1. The SMILES string of the molecule is CCN(CC)CCN(C(=O)CN(C)S(C)(=O)=O)c1nc2ccc(Cl)cc2s1. The van der Waals surface area contributed by atoms with Gasteiger partial charge in [-0.3, -0.25) is 9.69 Å². The molecule has 0 spiro atoms. The van der Waals surface area contributed by atoms with Gasteiger partial charge in [-0.2, -0.15) is 4.31 Å². The van der Waals surface area contributed by atoms with E-state index >= 15 is 0 Å². The van der Waals surface area contributed by atoms with Crippen molar-refractivity contribution in [2.45, 2.75) is 13.8 Å². The van der Waals surface area contributed by atoms with Crippen molar-refractivity contribution in [1.82, 2.24) is 14.2 Å². The zero-order chi connectivity index (χ0) is 20.2. The minimum atomic E-state index is -3.44. The van der Waals surface area contributed by atoms with Crippen molar-refractivity contribution >= 4 is 54.2 Å². The third kappa shape index (κ3) is 5.86. The fraction of sp³-hybridized carbons (Fsp3) is 0.529. The van der Waals surface area contributed by atoms with Crippen LogP contribution in [0.1, 0.15) is 13.8 Å². The summed E-state index contributed by atoms with van der Waals surface area (Å²) >= 11 is 7.42. The average Bonchev–Trinajstić information content (AvgIpc) is 3.00. The highest BCUT2D eigenvalue weighted by Gasteiger charge is 2.24. The van der Waals surface area contributed by atoms with E-state index in [9.17, 15) is 13.2 Å². The van der Waals surface area contributed by atoms with Crippen LogP contribution in [0.15, 0.2) is 18.2 Å². The number of carbonyl (C=O) groups is 1. The Morgan fingerprint density at radius 2 is 1.89 bits per heavy atom. The molecule has 7 nitrogen and oxygen atoms in total. The Balaban J connectivity index is 2.31. The number of fused-ring (bicyclic) bond motifs is 1. The molecule has 1 aromatic heterocycles. The van der Waals surface area contributed by atoms with Crippen molar-refractivity contribution in [2.24, 2.45) is 0 Å². The summed E-state index contributed by atoms with van der Waals surface area (Å²) in [5, 5.41) is 1.15. The van der Waals surface area contributed by atoms with E-state index in [4.69, 9.17) is 11.6 Å². The predicted molar refractivity (Wildman–Crippen MR) is 112 cm³/mol. The molecule has 0 fully saturated rings. The van der Waals surface area contributed by atoms with Crippen molar-refractivity contribution in [3.63, 3.8) is 0 Å². The second-order valence-corrected chi connectivity index (χ2v) is 9.73. The molecule has 0 unspecified atom stereocenters. The highest BCUT2D eigenvalue weighted by Crippen LogP contribution is 2.31. The van der Waals surface area contributed by atoms with E-state index < -0.39 is 10.0 Å². The average molecular weight is 433 g/mol. The van der Waals surface area contributed by atoms with Crippen LogP contribution in [0.25, 0.3) is 10.2 Å². The number of amides is 1. The maximum Gasteiger partial charge on any atom is 0.244 e. The zero-order valence-corrected chi connectivity index (χ0v) is 18.4. The number of rotatable bonds is 9. The van der Waals surface area contributed by atoms with Crippen LogP contribution in [-0.4, -0.2) is 74.5 Å². The van der Waals surface area contributed by atoms with Crippen LogP contribution >= 0.6 is 22.9 Å². The number of hydrogen-bond acceptors (Lipinski definition) is 6. The highest BCUT2D eigenvalue weighted by atomic mass is 35.5. The Morgan fingerprint density at radius 1 is 1.22 bits per heavy atom. The molecule has 10 heteroatoms. The normalized spacial score (nSPS) is 12.3. The third-order valence-corrected chi connectivity index (χ3v) is 6.87. The topological polar surface area (TPSA) is 73.8 Å². The van der Waals surface area contributed by atoms with Gasteiger partial charge in [-0.1, -0.05) is 36.8 Å². The van der Waals surface area contributed by atoms with Crippen molar-refractivity contribution in [1.29, 1.82) is 0 Å². The first-order valence-corrected chi connectivity index (χ1v) is 11.7. The molecule has 0 aliphatic rings. The lowest BCUT2D eigenvalue weighted by Crippen LogP contribution is -2.44. The molecule has 2 rings (SSSR count). The van der Waals surface area contributed by atoms with Gasteiger partial charge in [0.1, 0.15) is 0 Å². The van der Waals surface area contributed by atoms with Gasteiger partial charge in [-0.25, -0.2) is 13.4 Å². The fourth-order valence-corrected chi connectivity index (χ4v) is 4.13. The molecule has 2 aromatic rings. The molecule has 0 N–H and O–H groups in total. The van der Waals surface area contributed by atoms with E-state index in [1.54, 1.807) is 11.0 Å². The van der Waals surface area contributed by atoms with Gasteiger partial charge in [0.15, 0.2) is 5.13 Å². The number of anilines is 1. The van der Waals surface area contributed by atoms with Crippen LogP contribution in [0.2, 0.25) is 5.02 Å². The number of halogens is 1. The maximum atomic E-state index is 12.9. The molecular weight excluding hydrogens is 408 g/mol. The molecule has 0 saturated heterocycles. The molecule has 0 radical (unpaired) electrons. The maximum absolute atomic E-state index is 12.9. The minimum Gasteiger partial charge on any atom is -0.302 e. The van der Waals surface area contributed by atoms with Gasteiger partial charge >= 0.3 is 0 Å². The summed E-state index contributed by atoms with van der Waals surface area (Å²) in [6.45, 7) is 6.76. The lowest BCUT2D eigenvalue weighted by Gasteiger charge is -2.26. The number of aromatic nitrogens is 1. The van der Waals surface area contributed by atoms with E-state index in [2.05, 4.69) is 23.7 Å². The van der Waals surface area contributed by atoms with Crippen molar-refractivity contribution in [2.75, 3.05) is 50.9 Å². The summed E-state index contributed by atoms with van der Waals surface area (Å²) in [7, 11) is -2.05. The monoisotopic (exact) mass is 432 g/mol. The summed E-state index contributed by atoms with van der Waals surface area (Å²) in [6.07, 6.45) is 1.08. The second kappa shape index (κ2) is 9.29.